The van der Waals surface area contributed by atoms with Crippen LogP contribution in [0.5, 0.6) is 0 Å². The van der Waals surface area contributed by atoms with E-state index in [1.54, 1.807) is 4.68 Å². The Morgan fingerprint density at radius 1 is 1.10 bits per heavy atom. The van der Waals surface area contributed by atoms with Crippen LogP contribution in [0.1, 0.15) is 32.1 Å². The predicted molar refractivity (Wildman–Crippen MR) is 78.8 cm³/mol. The molecule has 2 aromatic rings. The molecule has 1 aromatic carbocycles. The monoisotopic (exact) mass is 269 g/mol. The zero-order valence-electron chi connectivity index (χ0n) is 11.5. The highest BCUT2D eigenvalue weighted by atomic mass is 16.2. The lowest BCUT2D eigenvalue weighted by atomic mass is 9.89. The topological polar surface area (TPSA) is 46.9 Å². The Balaban J connectivity index is 1.66. The summed E-state index contributed by atoms with van der Waals surface area (Å²) in [4.78, 5) is 12.2. The van der Waals surface area contributed by atoms with Crippen LogP contribution in [0.2, 0.25) is 0 Å². The smallest absolute Gasteiger partial charge is 0.228 e. The van der Waals surface area contributed by atoms with Crippen molar-refractivity contribution in [3.63, 3.8) is 0 Å². The molecule has 4 heteroatoms. The highest BCUT2D eigenvalue weighted by Crippen LogP contribution is 2.24. The molecular weight excluding hydrogens is 250 g/mol. The standard InChI is InChI=1S/C16H19N3O/c20-16(13-7-3-1-4-8-13)17-15-11-12-19(18-15)14-9-5-2-6-10-14/h2,5-6,9-13H,1,3-4,7-8H2,(H,17,18,20). The van der Waals surface area contributed by atoms with Gasteiger partial charge in [0.05, 0.1) is 5.69 Å². The number of amides is 1. The number of para-hydroxylation sites is 1. The number of nitrogens with one attached hydrogen (secondary N) is 1. The van der Waals surface area contributed by atoms with Crippen molar-refractivity contribution in [2.75, 3.05) is 5.32 Å². The van der Waals surface area contributed by atoms with E-state index in [0.29, 0.717) is 5.82 Å². The largest absolute Gasteiger partial charge is 0.309 e. The van der Waals surface area contributed by atoms with Crippen molar-refractivity contribution in [2.24, 2.45) is 5.92 Å². The number of anilines is 1. The lowest BCUT2D eigenvalue weighted by molar-refractivity contribution is -0.120. The van der Waals surface area contributed by atoms with E-state index >= 15 is 0 Å². The normalized spacial score (nSPS) is 16.0. The van der Waals surface area contributed by atoms with Gasteiger partial charge in [-0.1, -0.05) is 37.5 Å². The number of hydrogen-bond donors (Lipinski definition) is 1. The van der Waals surface area contributed by atoms with Gasteiger partial charge >= 0.3 is 0 Å². The summed E-state index contributed by atoms with van der Waals surface area (Å²) in [6, 6.07) is 11.7. The zero-order chi connectivity index (χ0) is 13.8. The number of aromatic nitrogens is 2. The highest BCUT2D eigenvalue weighted by Gasteiger charge is 2.21. The lowest BCUT2D eigenvalue weighted by Crippen LogP contribution is -2.24. The number of hydrogen-bond acceptors (Lipinski definition) is 2. The van der Waals surface area contributed by atoms with Gasteiger partial charge in [0.15, 0.2) is 5.82 Å². The van der Waals surface area contributed by atoms with Crippen molar-refractivity contribution in [1.29, 1.82) is 0 Å². The quantitative estimate of drug-likeness (QED) is 0.928. The number of carbonyl (C=O) groups excluding carboxylic acids is 1. The first kappa shape index (κ1) is 12.9. The van der Waals surface area contributed by atoms with Crippen molar-refractivity contribution in [3.05, 3.63) is 42.6 Å². The van der Waals surface area contributed by atoms with Gasteiger partial charge in [-0.05, 0) is 25.0 Å². The van der Waals surface area contributed by atoms with Crippen LogP contribution in [-0.2, 0) is 4.79 Å². The van der Waals surface area contributed by atoms with Gasteiger partial charge in [0.2, 0.25) is 5.91 Å². The van der Waals surface area contributed by atoms with Gasteiger partial charge in [0.25, 0.3) is 0 Å². The average Bonchev–Trinajstić information content (AvgIpc) is 2.97. The molecule has 1 heterocycles. The Labute approximate surface area is 118 Å². The van der Waals surface area contributed by atoms with E-state index in [-0.39, 0.29) is 11.8 Å². The van der Waals surface area contributed by atoms with E-state index in [2.05, 4.69) is 10.4 Å². The molecule has 0 unspecified atom stereocenters. The van der Waals surface area contributed by atoms with Gasteiger partial charge in [-0.2, -0.15) is 5.10 Å². The molecule has 0 spiro atoms. The van der Waals surface area contributed by atoms with Crippen molar-refractivity contribution >= 4 is 11.7 Å². The zero-order valence-corrected chi connectivity index (χ0v) is 11.5. The van der Waals surface area contributed by atoms with E-state index in [0.717, 1.165) is 31.4 Å². The summed E-state index contributed by atoms with van der Waals surface area (Å²) in [5.41, 5.74) is 0.991. The minimum absolute atomic E-state index is 0.114. The summed E-state index contributed by atoms with van der Waals surface area (Å²) < 4.78 is 1.77. The SMILES string of the molecule is O=C(Nc1ccn(-c2ccccc2)n1)C1CCCCC1. The van der Waals surface area contributed by atoms with Crippen molar-refractivity contribution < 1.29 is 4.79 Å². The third-order valence-corrected chi connectivity index (χ3v) is 3.84. The molecule has 1 N–H and O–H groups in total. The maximum Gasteiger partial charge on any atom is 0.228 e. The molecule has 1 aromatic heterocycles. The van der Waals surface area contributed by atoms with Crippen LogP contribution in [0.3, 0.4) is 0 Å². The van der Waals surface area contributed by atoms with Crippen LogP contribution in [0, 0.1) is 5.92 Å². The van der Waals surface area contributed by atoms with Crippen molar-refractivity contribution in [2.45, 2.75) is 32.1 Å². The van der Waals surface area contributed by atoms with E-state index in [1.165, 1.54) is 6.42 Å². The molecule has 1 aliphatic rings. The van der Waals surface area contributed by atoms with Gasteiger partial charge in [-0.15, -0.1) is 0 Å². The molecule has 104 valence electrons. The maximum atomic E-state index is 12.2. The Bertz CT molecular complexity index is 570. The molecule has 1 saturated carbocycles. The van der Waals surface area contributed by atoms with Gasteiger partial charge < -0.3 is 5.32 Å². The van der Waals surface area contributed by atoms with Gasteiger partial charge in [-0.3, -0.25) is 4.79 Å². The van der Waals surface area contributed by atoms with Crippen LogP contribution in [0.15, 0.2) is 42.6 Å². The van der Waals surface area contributed by atoms with E-state index in [9.17, 15) is 4.79 Å². The lowest BCUT2D eigenvalue weighted by Gasteiger charge is -2.19. The minimum Gasteiger partial charge on any atom is -0.309 e. The Hall–Kier alpha value is -2.10. The molecular formula is C16H19N3O. The molecule has 4 nitrogen and oxygen atoms in total. The fourth-order valence-corrected chi connectivity index (χ4v) is 2.71. The molecule has 0 aliphatic heterocycles. The van der Waals surface area contributed by atoms with Crippen LogP contribution in [-0.4, -0.2) is 15.7 Å². The van der Waals surface area contributed by atoms with Crippen LogP contribution in [0.4, 0.5) is 5.82 Å². The third-order valence-electron chi connectivity index (χ3n) is 3.84. The number of benzene rings is 1. The Morgan fingerprint density at radius 2 is 1.85 bits per heavy atom. The van der Waals surface area contributed by atoms with Gasteiger partial charge in [0.1, 0.15) is 0 Å². The minimum atomic E-state index is 0.114. The Kier molecular flexibility index (Phi) is 3.81. The fourth-order valence-electron chi connectivity index (χ4n) is 2.71. The second kappa shape index (κ2) is 5.90. The van der Waals surface area contributed by atoms with Crippen LogP contribution < -0.4 is 5.32 Å². The van der Waals surface area contributed by atoms with Crippen molar-refractivity contribution in [1.82, 2.24) is 9.78 Å². The van der Waals surface area contributed by atoms with E-state index in [1.807, 2.05) is 42.6 Å². The molecule has 3 rings (SSSR count). The summed E-state index contributed by atoms with van der Waals surface area (Å²) in [5, 5.41) is 7.33. The first-order chi connectivity index (χ1) is 9.83. The molecule has 0 atom stereocenters. The first-order valence-electron chi connectivity index (χ1n) is 7.25. The van der Waals surface area contributed by atoms with Crippen LogP contribution in [0.25, 0.3) is 5.69 Å². The molecule has 1 amide bonds. The average molecular weight is 269 g/mol. The van der Waals surface area contributed by atoms with Gasteiger partial charge in [0, 0.05) is 18.2 Å². The molecule has 0 bridgehead atoms. The maximum absolute atomic E-state index is 12.2. The summed E-state index contributed by atoms with van der Waals surface area (Å²) in [6.45, 7) is 0. The van der Waals surface area contributed by atoms with Gasteiger partial charge in [-0.25, -0.2) is 4.68 Å². The molecule has 20 heavy (non-hydrogen) atoms. The number of nitrogens with zero attached hydrogens (tertiary/aromatic N) is 2. The third kappa shape index (κ3) is 2.90. The second-order valence-corrected chi connectivity index (χ2v) is 5.31. The summed E-state index contributed by atoms with van der Waals surface area (Å²) >= 11 is 0. The molecule has 1 aliphatic carbocycles. The van der Waals surface area contributed by atoms with E-state index in [4.69, 9.17) is 0 Å². The summed E-state index contributed by atoms with van der Waals surface area (Å²) in [5.74, 6) is 0.901. The summed E-state index contributed by atoms with van der Waals surface area (Å²) in [7, 11) is 0. The number of rotatable bonds is 3. The molecule has 0 radical (unpaired) electrons. The summed E-state index contributed by atoms with van der Waals surface area (Å²) in [6.07, 6.45) is 7.46. The van der Waals surface area contributed by atoms with Crippen LogP contribution >= 0.6 is 0 Å². The molecule has 1 fully saturated rings. The number of carbonyl (C=O) groups is 1. The van der Waals surface area contributed by atoms with E-state index < -0.39 is 0 Å². The van der Waals surface area contributed by atoms with Crippen molar-refractivity contribution in [3.8, 4) is 5.69 Å². The molecule has 0 saturated heterocycles. The predicted octanol–water partition coefficient (Wildman–Crippen LogP) is 3.39. The highest BCUT2D eigenvalue weighted by molar-refractivity contribution is 5.91. The first-order valence-corrected chi connectivity index (χ1v) is 7.25. The fraction of sp³-hybridized carbons (Fsp3) is 0.375. The Morgan fingerprint density at radius 3 is 2.60 bits per heavy atom. The second-order valence-electron chi connectivity index (χ2n) is 5.31.